The lowest BCUT2D eigenvalue weighted by Crippen LogP contribution is -2.08. The molecule has 68 valence electrons. The van der Waals surface area contributed by atoms with Crippen LogP contribution in [0.25, 0.3) is 0 Å². The molecule has 12 heavy (non-hydrogen) atoms. The minimum Gasteiger partial charge on any atom is -0.358 e. The Morgan fingerprint density at radius 2 is 2.33 bits per heavy atom. The predicted molar refractivity (Wildman–Crippen MR) is 55.1 cm³/mol. The molecule has 1 aromatic heterocycles. The fourth-order valence-electron chi connectivity index (χ4n) is 0.703. The van der Waals surface area contributed by atoms with Crippen LogP contribution in [0.5, 0.6) is 0 Å². The van der Waals surface area contributed by atoms with Crippen molar-refractivity contribution in [3.8, 4) is 0 Å². The van der Waals surface area contributed by atoms with Gasteiger partial charge in [0.2, 0.25) is 10.3 Å². The first-order chi connectivity index (χ1) is 5.72. The normalized spacial score (nSPS) is 10.7. The summed E-state index contributed by atoms with van der Waals surface area (Å²) in [5, 5.41) is 5.01. The highest BCUT2D eigenvalue weighted by atomic mass is 32.2. The summed E-state index contributed by atoms with van der Waals surface area (Å²) in [5.74, 6) is 1.03. The molecule has 1 N–H and O–H groups in total. The van der Waals surface area contributed by atoms with Gasteiger partial charge in [0, 0.05) is 17.6 Å². The number of rotatable bonds is 4. The van der Waals surface area contributed by atoms with Crippen LogP contribution in [0.15, 0.2) is 5.16 Å². The first-order valence-electron chi connectivity index (χ1n) is 3.95. The molecular formula is C7H13N3S2. The molecule has 1 rings (SSSR count). The van der Waals surface area contributed by atoms with E-state index in [1.807, 2.05) is 0 Å². The molecule has 0 aliphatic heterocycles. The first kappa shape index (κ1) is 9.80. The topological polar surface area (TPSA) is 37.8 Å². The van der Waals surface area contributed by atoms with Crippen LogP contribution in [0.4, 0.5) is 5.13 Å². The predicted octanol–water partition coefficient (Wildman–Crippen LogP) is 2.47. The van der Waals surface area contributed by atoms with Gasteiger partial charge in [-0.25, -0.2) is 0 Å². The second-order valence-electron chi connectivity index (χ2n) is 2.61. The molecule has 1 heterocycles. The number of hydrogen-bond acceptors (Lipinski definition) is 5. The van der Waals surface area contributed by atoms with Crippen molar-refractivity contribution in [2.45, 2.75) is 32.0 Å². The summed E-state index contributed by atoms with van der Waals surface area (Å²) in [6.07, 6.45) is 0. The fourth-order valence-corrected chi connectivity index (χ4v) is 2.12. The Kier molecular flexibility index (Phi) is 3.81. The van der Waals surface area contributed by atoms with E-state index in [1.165, 1.54) is 11.5 Å². The minimum atomic E-state index is 0.428. The Bertz CT molecular complexity index is 234. The number of nitrogens with one attached hydrogen (secondary N) is 1. The van der Waals surface area contributed by atoms with E-state index in [4.69, 9.17) is 0 Å². The van der Waals surface area contributed by atoms with Gasteiger partial charge in [-0.3, -0.25) is 0 Å². The van der Waals surface area contributed by atoms with E-state index in [9.17, 15) is 0 Å². The zero-order valence-electron chi connectivity index (χ0n) is 7.50. The van der Waals surface area contributed by atoms with Gasteiger partial charge in [-0.15, -0.1) is 0 Å². The second-order valence-corrected chi connectivity index (χ2v) is 4.60. The zero-order valence-corrected chi connectivity index (χ0v) is 9.13. The van der Waals surface area contributed by atoms with Gasteiger partial charge in [-0.1, -0.05) is 18.7 Å². The molecule has 0 aliphatic rings. The molecular weight excluding hydrogens is 190 g/mol. The highest BCUT2D eigenvalue weighted by molar-refractivity contribution is 7.99. The third-order valence-corrected chi connectivity index (χ3v) is 2.58. The maximum atomic E-state index is 4.30. The summed E-state index contributed by atoms with van der Waals surface area (Å²) in [5.41, 5.74) is 0. The average molecular weight is 203 g/mol. The van der Waals surface area contributed by atoms with Crippen LogP contribution in [-0.4, -0.2) is 21.2 Å². The summed E-state index contributed by atoms with van der Waals surface area (Å²) in [4.78, 5) is 4.30. The standard InChI is InChI=1S/C7H13N3S2/c1-4-11-7-9-6(12-10-7)8-5(2)3/h5H,4H2,1-3H3,(H,8,9,10). The molecule has 0 bridgehead atoms. The molecule has 0 saturated heterocycles. The molecule has 0 aromatic carbocycles. The summed E-state index contributed by atoms with van der Waals surface area (Å²) in [6, 6.07) is 0.428. The van der Waals surface area contributed by atoms with Gasteiger partial charge in [0.15, 0.2) is 0 Å². The Labute approximate surface area is 81.1 Å². The number of hydrogen-bond donors (Lipinski definition) is 1. The third kappa shape index (κ3) is 2.98. The molecule has 5 heteroatoms. The van der Waals surface area contributed by atoms with Crippen LogP contribution in [0.2, 0.25) is 0 Å². The van der Waals surface area contributed by atoms with Gasteiger partial charge in [-0.2, -0.15) is 9.36 Å². The van der Waals surface area contributed by atoms with Crippen molar-refractivity contribution in [3.63, 3.8) is 0 Å². The summed E-state index contributed by atoms with van der Waals surface area (Å²) < 4.78 is 4.19. The smallest absolute Gasteiger partial charge is 0.203 e. The summed E-state index contributed by atoms with van der Waals surface area (Å²) >= 11 is 3.10. The second kappa shape index (κ2) is 4.67. The largest absolute Gasteiger partial charge is 0.358 e. The number of thioether (sulfide) groups is 1. The molecule has 0 fully saturated rings. The lowest BCUT2D eigenvalue weighted by Gasteiger charge is -2.03. The van der Waals surface area contributed by atoms with E-state index >= 15 is 0 Å². The van der Waals surface area contributed by atoms with Gasteiger partial charge in [0.1, 0.15) is 0 Å². The van der Waals surface area contributed by atoms with E-state index in [1.54, 1.807) is 11.8 Å². The van der Waals surface area contributed by atoms with Crippen LogP contribution in [-0.2, 0) is 0 Å². The van der Waals surface area contributed by atoms with Gasteiger partial charge in [0.25, 0.3) is 0 Å². The van der Waals surface area contributed by atoms with E-state index in [2.05, 4.69) is 35.4 Å². The molecule has 0 unspecified atom stereocenters. The highest BCUT2D eigenvalue weighted by Gasteiger charge is 2.03. The van der Waals surface area contributed by atoms with Crippen molar-refractivity contribution in [2.75, 3.05) is 11.1 Å². The van der Waals surface area contributed by atoms with Crippen molar-refractivity contribution in [1.29, 1.82) is 0 Å². The average Bonchev–Trinajstić information content (AvgIpc) is 2.36. The maximum absolute atomic E-state index is 4.30. The SMILES string of the molecule is CCSc1nsc(NC(C)C)n1. The van der Waals surface area contributed by atoms with Crippen molar-refractivity contribution in [2.24, 2.45) is 0 Å². The number of nitrogens with zero attached hydrogens (tertiary/aromatic N) is 2. The minimum absolute atomic E-state index is 0.428. The van der Waals surface area contributed by atoms with Gasteiger partial charge in [0.05, 0.1) is 0 Å². The molecule has 0 aliphatic carbocycles. The van der Waals surface area contributed by atoms with Gasteiger partial charge in [-0.05, 0) is 19.6 Å². The Morgan fingerprint density at radius 1 is 1.58 bits per heavy atom. The number of aromatic nitrogens is 2. The van der Waals surface area contributed by atoms with E-state index in [0.717, 1.165) is 16.0 Å². The Morgan fingerprint density at radius 3 is 2.92 bits per heavy atom. The van der Waals surface area contributed by atoms with E-state index in [0.29, 0.717) is 6.04 Å². The first-order valence-corrected chi connectivity index (χ1v) is 5.71. The van der Waals surface area contributed by atoms with Crippen LogP contribution in [0.3, 0.4) is 0 Å². The summed E-state index contributed by atoms with van der Waals surface area (Å²) in [6.45, 7) is 6.28. The zero-order chi connectivity index (χ0) is 8.97. The molecule has 3 nitrogen and oxygen atoms in total. The lowest BCUT2D eigenvalue weighted by atomic mass is 10.4. The molecule has 0 radical (unpaired) electrons. The van der Waals surface area contributed by atoms with Gasteiger partial charge >= 0.3 is 0 Å². The highest BCUT2D eigenvalue weighted by Crippen LogP contribution is 2.19. The third-order valence-electron chi connectivity index (χ3n) is 1.09. The Balaban J connectivity index is 2.52. The van der Waals surface area contributed by atoms with Crippen LogP contribution in [0, 0.1) is 0 Å². The quantitative estimate of drug-likeness (QED) is 0.763. The maximum Gasteiger partial charge on any atom is 0.203 e. The molecule has 0 atom stereocenters. The molecule has 0 spiro atoms. The van der Waals surface area contributed by atoms with Crippen molar-refractivity contribution < 1.29 is 0 Å². The van der Waals surface area contributed by atoms with Crippen molar-refractivity contribution in [3.05, 3.63) is 0 Å². The monoisotopic (exact) mass is 203 g/mol. The number of anilines is 1. The molecule has 0 amide bonds. The van der Waals surface area contributed by atoms with Crippen molar-refractivity contribution in [1.82, 2.24) is 9.36 Å². The molecule has 1 aromatic rings. The van der Waals surface area contributed by atoms with E-state index in [-0.39, 0.29) is 0 Å². The summed E-state index contributed by atoms with van der Waals surface area (Å²) in [7, 11) is 0. The van der Waals surface area contributed by atoms with Crippen LogP contribution in [0.1, 0.15) is 20.8 Å². The van der Waals surface area contributed by atoms with Crippen molar-refractivity contribution >= 4 is 28.4 Å². The molecule has 0 saturated carbocycles. The Hall–Kier alpha value is -0.290. The van der Waals surface area contributed by atoms with Gasteiger partial charge < -0.3 is 5.32 Å². The lowest BCUT2D eigenvalue weighted by molar-refractivity contribution is 0.890. The van der Waals surface area contributed by atoms with E-state index < -0.39 is 0 Å². The van der Waals surface area contributed by atoms with Crippen LogP contribution < -0.4 is 5.32 Å². The fraction of sp³-hybridized carbons (Fsp3) is 0.714. The van der Waals surface area contributed by atoms with Crippen LogP contribution >= 0.6 is 23.3 Å².